The van der Waals surface area contributed by atoms with Gasteiger partial charge in [0, 0.05) is 18.7 Å². The molecule has 0 saturated carbocycles. The van der Waals surface area contributed by atoms with E-state index in [1.807, 2.05) is 6.07 Å². The molecule has 33 heavy (non-hydrogen) atoms. The van der Waals surface area contributed by atoms with Crippen LogP contribution in [0.1, 0.15) is 25.3 Å². The van der Waals surface area contributed by atoms with Gasteiger partial charge in [-0.1, -0.05) is 42.1 Å². The van der Waals surface area contributed by atoms with Crippen LogP contribution < -0.4 is 21.7 Å². The average Bonchev–Trinajstić information content (AvgIpc) is 2.78. The Labute approximate surface area is 202 Å². The number of nitrogens with one attached hydrogen (secondary N) is 3. The highest BCUT2D eigenvalue weighted by atomic mass is 35.5. The van der Waals surface area contributed by atoms with Crippen LogP contribution >= 0.6 is 24.2 Å². The highest BCUT2D eigenvalue weighted by molar-refractivity contribution is 8.13. The first-order valence-corrected chi connectivity index (χ1v) is 10.8. The first-order chi connectivity index (χ1) is 15.2. The van der Waals surface area contributed by atoms with Crippen LogP contribution in [0.25, 0.3) is 0 Å². The van der Waals surface area contributed by atoms with Crippen molar-refractivity contribution in [1.29, 1.82) is 0 Å². The molecule has 0 saturated heterocycles. The molecule has 1 aromatic rings. The van der Waals surface area contributed by atoms with E-state index in [0.717, 1.165) is 5.56 Å². The van der Waals surface area contributed by atoms with Crippen molar-refractivity contribution in [2.45, 2.75) is 38.5 Å². The minimum Gasteiger partial charge on any atom is -0.480 e. The largest absolute Gasteiger partial charge is 0.480 e. The molecule has 3 amide bonds. The number of halogens is 1. The first kappa shape index (κ1) is 30.2. The predicted molar refractivity (Wildman–Crippen MR) is 125 cm³/mol. The Hall–Kier alpha value is -2.83. The molecule has 0 fully saturated rings. The summed E-state index contributed by atoms with van der Waals surface area (Å²) in [5.41, 5.74) is 5.93. The number of alkyl carbamates (subject to hydrolysis) is 1. The first-order valence-electron chi connectivity index (χ1n) is 9.85. The maximum absolute atomic E-state index is 12.2. The highest BCUT2D eigenvalue weighted by Gasteiger charge is 2.24. The fourth-order valence-electron chi connectivity index (χ4n) is 2.28. The molecule has 0 radical (unpaired) electrons. The van der Waals surface area contributed by atoms with Crippen LogP contribution in [0.15, 0.2) is 30.3 Å². The van der Waals surface area contributed by atoms with E-state index >= 15 is 0 Å². The minimum atomic E-state index is -1.29. The number of rotatable bonds is 13. The third-order valence-corrected chi connectivity index (χ3v) is 5.15. The molecule has 11 nitrogen and oxygen atoms in total. The monoisotopic (exact) mass is 504 g/mol. The van der Waals surface area contributed by atoms with Crippen molar-refractivity contribution in [2.24, 2.45) is 5.73 Å². The zero-order chi connectivity index (χ0) is 23.9. The number of carboxylic acids is 1. The van der Waals surface area contributed by atoms with Crippen LogP contribution in [0, 0.1) is 0 Å². The van der Waals surface area contributed by atoms with Gasteiger partial charge in [-0.25, -0.2) is 9.59 Å². The second-order valence-electron chi connectivity index (χ2n) is 6.67. The fourth-order valence-corrected chi connectivity index (χ4v) is 3.15. The molecule has 0 unspecified atom stereocenters. The minimum absolute atomic E-state index is 0. The van der Waals surface area contributed by atoms with E-state index < -0.39 is 35.2 Å². The van der Waals surface area contributed by atoms with Crippen LogP contribution in [-0.4, -0.2) is 65.0 Å². The number of carbonyl (C=O) groups is 5. The van der Waals surface area contributed by atoms with Crippen LogP contribution in [0.3, 0.4) is 0 Å². The molecular weight excluding hydrogens is 476 g/mol. The number of ether oxygens (including phenoxy) is 1. The molecule has 6 N–H and O–H groups in total. The molecule has 1 rings (SSSR count). The number of thioether (sulfide) groups is 1. The van der Waals surface area contributed by atoms with Gasteiger partial charge >= 0.3 is 12.1 Å². The van der Waals surface area contributed by atoms with Crippen molar-refractivity contribution >= 4 is 53.2 Å². The van der Waals surface area contributed by atoms with E-state index in [1.165, 1.54) is 6.92 Å². The van der Waals surface area contributed by atoms with Gasteiger partial charge in [0.25, 0.3) is 0 Å². The van der Waals surface area contributed by atoms with Gasteiger partial charge in [-0.05, 0) is 18.9 Å². The summed E-state index contributed by atoms with van der Waals surface area (Å²) in [7, 11) is 0. The number of hydrogen-bond donors (Lipinski definition) is 5. The quantitative estimate of drug-likeness (QED) is 0.238. The van der Waals surface area contributed by atoms with Crippen LogP contribution in [0.5, 0.6) is 0 Å². The number of nitrogens with two attached hydrogens (primary N) is 1. The molecule has 0 spiro atoms. The van der Waals surface area contributed by atoms with E-state index in [1.54, 1.807) is 24.3 Å². The van der Waals surface area contributed by atoms with Crippen molar-refractivity contribution in [3.05, 3.63) is 35.9 Å². The maximum atomic E-state index is 12.2. The number of aliphatic carboxylic acids is 1. The Morgan fingerprint density at radius 3 is 2.36 bits per heavy atom. The number of carbonyl (C=O) groups excluding carboxylic acids is 4. The molecule has 2 atom stereocenters. The lowest BCUT2D eigenvalue weighted by molar-refractivity contribution is -0.141. The van der Waals surface area contributed by atoms with E-state index in [4.69, 9.17) is 10.5 Å². The smallest absolute Gasteiger partial charge is 0.408 e. The topological polar surface area (TPSA) is 177 Å². The Kier molecular flexibility index (Phi) is 15.3. The van der Waals surface area contributed by atoms with Crippen LogP contribution in [-0.2, 0) is 30.5 Å². The third kappa shape index (κ3) is 13.3. The summed E-state index contributed by atoms with van der Waals surface area (Å²) in [6.45, 7) is 1.57. The van der Waals surface area contributed by atoms with E-state index in [2.05, 4.69) is 16.0 Å². The van der Waals surface area contributed by atoms with Crippen molar-refractivity contribution in [2.75, 3.05) is 18.8 Å². The van der Waals surface area contributed by atoms with Gasteiger partial charge in [0.1, 0.15) is 12.6 Å². The average molecular weight is 505 g/mol. The summed E-state index contributed by atoms with van der Waals surface area (Å²) in [4.78, 5) is 58.3. The van der Waals surface area contributed by atoms with Gasteiger partial charge in [-0.15, -0.1) is 12.4 Å². The predicted octanol–water partition coefficient (Wildman–Crippen LogP) is 0.407. The molecule has 0 aromatic heterocycles. The summed E-state index contributed by atoms with van der Waals surface area (Å²) in [6.07, 6.45) is -0.472. The van der Waals surface area contributed by atoms with Gasteiger partial charge < -0.3 is 31.5 Å². The molecule has 0 heterocycles. The van der Waals surface area contributed by atoms with Gasteiger partial charge in [0.15, 0.2) is 0 Å². The normalized spacial score (nSPS) is 11.8. The summed E-state index contributed by atoms with van der Waals surface area (Å²) in [5.74, 6) is -2.38. The van der Waals surface area contributed by atoms with Gasteiger partial charge in [0.05, 0.1) is 12.6 Å². The molecule has 13 heteroatoms. The third-order valence-electron chi connectivity index (χ3n) is 4.01. The summed E-state index contributed by atoms with van der Waals surface area (Å²) < 4.78 is 5.04. The van der Waals surface area contributed by atoms with Crippen molar-refractivity contribution in [3.63, 3.8) is 0 Å². The van der Waals surface area contributed by atoms with Gasteiger partial charge in [-0.2, -0.15) is 0 Å². The zero-order valence-electron chi connectivity index (χ0n) is 18.1. The standard InChI is InChI=1S/C20H28N4O7S.ClH/c1-13(23-20(30)31-11-14-6-3-2-4-7-14)19(29)32-12-15(18(27)28)24-16(25)8-5-9-22-17(26)10-21;/h2-4,6-7,13,15H,5,8-12,21H2,1H3,(H,22,26)(H,23,30)(H,24,25)(H,27,28);1H/t13-,15-;/m0./s1. The molecule has 184 valence electrons. The Morgan fingerprint density at radius 1 is 1.09 bits per heavy atom. The van der Waals surface area contributed by atoms with E-state index in [-0.39, 0.29) is 50.2 Å². The SMILES string of the molecule is C[C@H](NC(=O)OCc1ccccc1)C(=O)SC[C@H](NC(=O)CCCNC(=O)CN)C(=O)O.Cl. The molecule has 0 aliphatic heterocycles. The number of benzene rings is 1. The Balaban J connectivity index is 0.0000102. The van der Waals surface area contributed by atoms with Crippen molar-refractivity contribution in [3.8, 4) is 0 Å². The molecule has 0 aliphatic carbocycles. The lowest BCUT2D eigenvalue weighted by Gasteiger charge is -2.16. The molecule has 1 aromatic carbocycles. The lowest BCUT2D eigenvalue weighted by atomic mass is 10.2. The zero-order valence-corrected chi connectivity index (χ0v) is 19.7. The van der Waals surface area contributed by atoms with Crippen LogP contribution in [0.2, 0.25) is 0 Å². The summed E-state index contributed by atoms with van der Waals surface area (Å²) in [5, 5.41) is 16.0. The molecule has 0 bridgehead atoms. The number of amides is 3. The van der Waals surface area contributed by atoms with Crippen LogP contribution in [0.4, 0.5) is 4.79 Å². The van der Waals surface area contributed by atoms with E-state index in [9.17, 15) is 29.1 Å². The number of hydrogen-bond acceptors (Lipinski definition) is 8. The van der Waals surface area contributed by atoms with Crippen molar-refractivity contribution < 1.29 is 33.8 Å². The maximum Gasteiger partial charge on any atom is 0.408 e. The Bertz CT molecular complexity index is 798. The second-order valence-corrected chi connectivity index (χ2v) is 7.70. The molecular formula is C20H29ClN4O7S. The van der Waals surface area contributed by atoms with Gasteiger partial charge in [0.2, 0.25) is 16.9 Å². The molecule has 0 aliphatic rings. The van der Waals surface area contributed by atoms with Crippen molar-refractivity contribution in [1.82, 2.24) is 16.0 Å². The fraction of sp³-hybridized carbons (Fsp3) is 0.450. The van der Waals surface area contributed by atoms with E-state index in [0.29, 0.717) is 18.2 Å². The lowest BCUT2D eigenvalue weighted by Crippen LogP contribution is -2.44. The highest BCUT2D eigenvalue weighted by Crippen LogP contribution is 2.09. The summed E-state index contributed by atoms with van der Waals surface area (Å²) >= 11 is 0.679. The Morgan fingerprint density at radius 2 is 1.76 bits per heavy atom. The second kappa shape index (κ2) is 16.8. The number of carboxylic acid groups (broad SMARTS) is 1. The van der Waals surface area contributed by atoms with Gasteiger partial charge in [-0.3, -0.25) is 14.4 Å². The summed E-state index contributed by atoms with van der Waals surface area (Å²) in [6, 6.07) is 6.81.